The molecule has 0 amide bonds. The van der Waals surface area contributed by atoms with E-state index in [0.717, 1.165) is 6.54 Å². The minimum absolute atomic E-state index is 0.171. The molecule has 0 saturated heterocycles. The summed E-state index contributed by atoms with van der Waals surface area (Å²) < 4.78 is 6.75. The molecule has 0 saturated carbocycles. The molecular formula is C12H21ClN4O2. The summed E-state index contributed by atoms with van der Waals surface area (Å²) in [5, 5.41) is 7.22. The molecule has 0 unspecified atom stereocenters. The molecule has 0 aliphatic rings. The van der Waals surface area contributed by atoms with Crippen LogP contribution in [0, 0.1) is 0 Å². The highest BCUT2D eigenvalue weighted by molar-refractivity contribution is 6.32. The maximum atomic E-state index is 11.7. The number of likely N-dealkylation sites (N-methyl/N-ethyl adjacent to an activating group) is 1. The zero-order valence-electron chi connectivity index (χ0n) is 11.6. The van der Waals surface area contributed by atoms with E-state index in [9.17, 15) is 4.79 Å². The van der Waals surface area contributed by atoms with Crippen molar-refractivity contribution in [2.45, 2.75) is 13.5 Å². The molecule has 1 heterocycles. The van der Waals surface area contributed by atoms with Crippen LogP contribution in [-0.2, 0) is 11.3 Å². The zero-order chi connectivity index (χ0) is 14.3. The first-order valence-electron chi connectivity index (χ1n) is 6.28. The van der Waals surface area contributed by atoms with Crippen LogP contribution < -0.4 is 10.9 Å². The first-order chi connectivity index (χ1) is 9.06. The van der Waals surface area contributed by atoms with Gasteiger partial charge in [-0.05, 0) is 21.0 Å². The second-order valence-electron chi connectivity index (χ2n) is 4.34. The summed E-state index contributed by atoms with van der Waals surface area (Å²) in [7, 11) is 3.99. The Hall–Kier alpha value is -1.11. The number of hydrogen-bond donors (Lipinski definition) is 1. The number of anilines is 1. The van der Waals surface area contributed by atoms with Gasteiger partial charge in [0.1, 0.15) is 5.02 Å². The monoisotopic (exact) mass is 288 g/mol. The van der Waals surface area contributed by atoms with E-state index in [1.165, 1.54) is 4.68 Å². The lowest BCUT2D eigenvalue weighted by Gasteiger charge is -2.11. The predicted octanol–water partition coefficient (Wildman–Crippen LogP) is 0.907. The van der Waals surface area contributed by atoms with Crippen molar-refractivity contribution in [2.75, 3.05) is 45.7 Å². The van der Waals surface area contributed by atoms with Gasteiger partial charge in [0.2, 0.25) is 0 Å². The van der Waals surface area contributed by atoms with Crippen molar-refractivity contribution < 1.29 is 4.74 Å². The van der Waals surface area contributed by atoms with Gasteiger partial charge in [-0.2, -0.15) is 5.10 Å². The van der Waals surface area contributed by atoms with Crippen LogP contribution in [-0.4, -0.2) is 55.1 Å². The molecule has 1 rings (SSSR count). The number of nitrogens with zero attached hydrogens (tertiary/aromatic N) is 3. The molecule has 0 atom stereocenters. The maximum Gasteiger partial charge on any atom is 0.287 e. The molecule has 1 aromatic heterocycles. The molecule has 6 nitrogen and oxygen atoms in total. The van der Waals surface area contributed by atoms with Gasteiger partial charge < -0.3 is 15.0 Å². The van der Waals surface area contributed by atoms with Crippen LogP contribution in [0.3, 0.4) is 0 Å². The number of aromatic nitrogens is 2. The predicted molar refractivity (Wildman–Crippen MR) is 77.0 cm³/mol. The first kappa shape index (κ1) is 15.9. The van der Waals surface area contributed by atoms with E-state index in [-0.39, 0.29) is 10.6 Å². The largest absolute Gasteiger partial charge is 0.380 e. The summed E-state index contributed by atoms with van der Waals surface area (Å²) in [5.41, 5.74) is 0.273. The van der Waals surface area contributed by atoms with Crippen LogP contribution in [0.15, 0.2) is 11.0 Å². The highest BCUT2D eigenvalue weighted by atomic mass is 35.5. The fraction of sp³-hybridized carbons (Fsp3) is 0.667. The number of halogens is 1. The van der Waals surface area contributed by atoms with Crippen LogP contribution in [0.4, 0.5) is 5.69 Å². The molecule has 7 heteroatoms. The van der Waals surface area contributed by atoms with Crippen molar-refractivity contribution in [3.63, 3.8) is 0 Å². The average molecular weight is 289 g/mol. The summed E-state index contributed by atoms with van der Waals surface area (Å²) >= 11 is 5.98. The van der Waals surface area contributed by atoms with Crippen molar-refractivity contribution in [2.24, 2.45) is 0 Å². The molecule has 19 heavy (non-hydrogen) atoms. The topological polar surface area (TPSA) is 59.4 Å². The highest BCUT2D eigenvalue weighted by Gasteiger charge is 2.07. The number of nitrogens with one attached hydrogen (secondary N) is 1. The maximum absolute atomic E-state index is 11.7. The van der Waals surface area contributed by atoms with Crippen LogP contribution >= 0.6 is 11.6 Å². The van der Waals surface area contributed by atoms with E-state index >= 15 is 0 Å². The summed E-state index contributed by atoms with van der Waals surface area (Å²) in [6.45, 7) is 5.06. The van der Waals surface area contributed by atoms with E-state index in [1.807, 2.05) is 21.0 Å². The molecule has 0 aromatic carbocycles. The van der Waals surface area contributed by atoms with Crippen molar-refractivity contribution in [1.82, 2.24) is 14.7 Å². The number of hydrogen-bond acceptors (Lipinski definition) is 5. The van der Waals surface area contributed by atoms with Gasteiger partial charge in [-0.3, -0.25) is 4.79 Å². The molecule has 1 N–H and O–H groups in total. The van der Waals surface area contributed by atoms with E-state index in [1.54, 1.807) is 6.20 Å². The van der Waals surface area contributed by atoms with Crippen LogP contribution in [0.25, 0.3) is 0 Å². The van der Waals surface area contributed by atoms with Crippen molar-refractivity contribution in [3.8, 4) is 0 Å². The number of ether oxygens (including phenoxy) is 1. The second kappa shape index (κ2) is 8.14. The molecule has 108 valence electrons. The highest BCUT2D eigenvalue weighted by Crippen LogP contribution is 2.14. The van der Waals surface area contributed by atoms with E-state index in [4.69, 9.17) is 16.3 Å². The lowest BCUT2D eigenvalue weighted by molar-refractivity contribution is 0.126. The van der Waals surface area contributed by atoms with Gasteiger partial charge in [-0.25, -0.2) is 4.68 Å². The van der Waals surface area contributed by atoms with Gasteiger partial charge in [0.15, 0.2) is 0 Å². The van der Waals surface area contributed by atoms with Crippen LogP contribution in [0.1, 0.15) is 6.92 Å². The van der Waals surface area contributed by atoms with Gasteiger partial charge in [-0.1, -0.05) is 11.6 Å². The van der Waals surface area contributed by atoms with E-state index < -0.39 is 0 Å². The Morgan fingerprint density at radius 1 is 1.47 bits per heavy atom. The number of rotatable bonds is 8. The molecule has 1 aromatic rings. The van der Waals surface area contributed by atoms with Crippen molar-refractivity contribution in [3.05, 3.63) is 21.6 Å². The first-order valence-corrected chi connectivity index (χ1v) is 6.66. The summed E-state index contributed by atoms with van der Waals surface area (Å²) in [4.78, 5) is 13.8. The van der Waals surface area contributed by atoms with Crippen molar-refractivity contribution >= 4 is 17.3 Å². The molecule has 0 radical (unpaired) electrons. The lowest BCUT2D eigenvalue weighted by Crippen LogP contribution is -2.24. The summed E-state index contributed by atoms with van der Waals surface area (Å²) in [6.07, 6.45) is 1.56. The van der Waals surface area contributed by atoms with E-state index in [2.05, 4.69) is 15.3 Å². The Morgan fingerprint density at radius 2 is 2.21 bits per heavy atom. The quantitative estimate of drug-likeness (QED) is 0.721. The van der Waals surface area contributed by atoms with Gasteiger partial charge in [0.25, 0.3) is 5.56 Å². The number of aryl methyl sites for hydroxylation is 1. The van der Waals surface area contributed by atoms with Crippen LogP contribution in [0.5, 0.6) is 0 Å². The van der Waals surface area contributed by atoms with E-state index in [0.29, 0.717) is 32.0 Å². The summed E-state index contributed by atoms with van der Waals surface area (Å²) in [5.74, 6) is 0. The molecule has 0 bridgehead atoms. The minimum Gasteiger partial charge on any atom is -0.380 e. The normalized spacial score (nSPS) is 11.0. The smallest absolute Gasteiger partial charge is 0.287 e. The zero-order valence-corrected chi connectivity index (χ0v) is 12.4. The van der Waals surface area contributed by atoms with Crippen LogP contribution in [0.2, 0.25) is 5.02 Å². The lowest BCUT2D eigenvalue weighted by atomic mass is 10.4. The van der Waals surface area contributed by atoms with Gasteiger partial charge in [-0.15, -0.1) is 0 Å². The fourth-order valence-corrected chi connectivity index (χ4v) is 1.63. The van der Waals surface area contributed by atoms with Gasteiger partial charge >= 0.3 is 0 Å². The molecule has 0 aliphatic heterocycles. The third-order valence-corrected chi connectivity index (χ3v) is 2.89. The average Bonchev–Trinajstić information content (AvgIpc) is 2.38. The Kier molecular flexibility index (Phi) is 6.83. The Morgan fingerprint density at radius 3 is 2.84 bits per heavy atom. The SMILES string of the molecule is CCn1ncc(NCCOCCN(C)C)c(Cl)c1=O. The minimum atomic E-state index is -0.275. The van der Waals surface area contributed by atoms with Gasteiger partial charge in [0.05, 0.1) is 25.1 Å². The fourth-order valence-electron chi connectivity index (χ4n) is 1.42. The molecule has 0 aliphatic carbocycles. The molecular weight excluding hydrogens is 268 g/mol. The molecule has 0 fully saturated rings. The summed E-state index contributed by atoms with van der Waals surface area (Å²) in [6, 6.07) is 0. The Bertz CT molecular complexity index is 448. The van der Waals surface area contributed by atoms with Crippen molar-refractivity contribution in [1.29, 1.82) is 0 Å². The second-order valence-corrected chi connectivity index (χ2v) is 4.71. The Labute approximate surface area is 118 Å². The third kappa shape index (κ3) is 5.18. The van der Waals surface area contributed by atoms with Gasteiger partial charge in [0, 0.05) is 19.6 Å². The molecule has 0 spiro atoms. The Balaban J connectivity index is 2.38. The standard InChI is InChI=1S/C12H21ClN4O2/c1-4-17-12(18)11(13)10(9-15-17)14-5-7-19-8-6-16(2)3/h9,14H,4-8H2,1-3H3. The third-order valence-electron chi connectivity index (χ3n) is 2.53.